The van der Waals surface area contributed by atoms with Gasteiger partial charge in [-0.15, -0.1) is 11.3 Å². The molecular formula is C16H23NS. The molecule has 18 heavy (non-hydrogen) atoms. The first-order chi connectivity index (χ1) is 8.77. The van der Waals surface area contributed by atoms with Gasteiger partial charge in [0.05, 0.1) is 10.7 Å². The minimum absolute atomic E-state index is 0.519. The molecule has 2 heteroatoms. The van der Waals surface area contributed by atoms with Gasteiger partial charge in [0.15, 0.2) is 0 Å². The highest BCUT2D eigenvalue weighted by Crippen LogP contribution is 2.61. The molecule has 0 radical (unpaired) electrons. The molecule has 98 valence electrons. The van der Waals surface area contributed by atoms with Crippen LogP contribution in [0.1, 0.15) is 62.6 Å². The van der Waals surface area contributed by atoms with Crippen molar-refractivity contribution in [2.75, 3.05) is 0 Å². The molecule has 0 amide bonds. The Labute approximate surface area is 114 Å². The molecule has 4 saturated carbocycles. The highest BCUT2D eigenvalue weighted by atomic mass is 32.1. The van der Waals surface area contributed by atoms with Crippen molar-refractivity contribution >= 4 is 11.3 Å². The fourth-order valence-corrected chi connectivity index (χ4v) is 6.38. The molecular weight excluding hydrogens is 238 g/mol. The quantitative estimate of drug-likeness (QED) is 0.777. The Bertz CT molecular complexity index is 412. The fourth-order valence-electron chi connectivity index (χ4n) is 5.29. The van der Waals surface area contributed by atoms with Crippen LogP contribution < -0.4 is 0 Å². The lowest BCUT2D eigenvalue weighted by atomic mass is 9.50. The van der Waals surface area contributed by atoms with Crippen LogP contribution >= 0.6 is 11.3 Å². The van der Waals surface area contributed by atoms with E-state index in [9.17, 15) is 0 Å². The van der Waals surface area contributed by atoms with Crippen molar-refractivity contribution in [2.24, 2.45) is 17.8 Å². The summed E-state index contributed by atoms with van der Waals surface area (Å²) in [5, 5.41) is 3.84. The Morgan fingerprint density at radius 1 is 1.17 bits per heavy atom. The summed E-state index contributed by atoms with van der Waals surface area (Å²) < 4.78 is 0. The molecule has 4 fully saturated rings. The van der Waals surface area contributed by atoms with Crippen LogP contribution in [-0.2, 0) is 11.8 Å². The summed E-state index contributed by atoms with van der Waals surface area (Å²) >= 11 is 1.97. The maximum absolute atomic E-state index is 5.01. The standard InChI is InChI=1S/C16H23NS/c1-2-3-14-10-18-15(17-14)16-7-11-4-12(8-16)6-13(5-11)9-16/h10-13H,2-9H2,1H3. The molecule has 1 aromatic heterocycles. The minimum Gasteiger partial charge on any atom is -0.246 e. The van der Waals surface area contributed by atoms with Crippen LogP contribution in [0.2, 0.25) is 0 Å². The van der Waals surface area contributed by atoms with Crippen molar-refractivity contribution in [3.8, 4) is 0 Å². The molecule has 1 nitrogen and oxygen atoms in total. The van der Waals surface area contributed by atoms with Gasteiger partial charge in [-0.25, -0.2) is 4.98 Å². The lowest BCUT2D eigenvalue weighted by Gasteiger charge is -2.56. The van der Waals surface area contributed by atoms with E-state index in [1.807, 2.05) is 11.3 Å². The van der Waals surface area contributed by atoms with Crippen LogP contribution in [0.5, 0.6) is 0 Å². The zero-order valence-corrected chi connectivity index (χ0v) is 12.1. The lowest BCUT2D eigenvalue weighted by molar-refractivity contribution is -0.00533. The number of nitrogens with zero attached hydrogens (tertiary/aromatic N) is 1. The average Bonchev–Trinajstić information content (AvgIpc) is 2.77. The summed E-state index contributed by atoms with van der Waals surface area (Å²) in [7, 11) is 0. The van der Waals surface area contributed by atoms with E-state index >= 15 is 0 Å². The summed E-state index contributed by atoms with van der Waals surface area (Å²) in [4.78, 5) is 5.01. The third kappa shape index (κ3) is 1.68. The summed E-state index contributed by atoms with van der Waals surface area (Å²) in [5.74, 6) is 3.11. The molecule has 0 unspecified atom stereocenters. The summed E-state index contributed by atoms with van der Waals surface area (Å²) in [6, 6.07) is 0. The number of hydrogen-bond acceptors (Lipinski definition) is 2. The first kappa shape index (κ1) is 11.5. The van der Waals surface area contributed by atoms with Gasteiger partial charge in [0.1, 0.15) is 0 Å². The minimum atomic E-state index is 0.519. The van der Waals surface area contributed by atoms with Gasteiger partial charge in [0, 0.05) is 10.8 Å². The zero-order valence-electron chi connectivity index (χ0n) is 11.3. The molecule has 0 N–H and O–H groups in total. The third-order valence-corrected chi connectivity index (χ3v) is 6.69. The topological polar surface area (TPSA) is 12.9 Å². The summed E-state index contributed by atoms with van der Waals surface area (Å²) in [6.07, 6.45) is 11.4. The molecule has 0 atom stereocenters. The lowest BCUT2D eigenvalue weighted by Crippen LogP contribution is -2.48. The van der Waals surface area contributed by atoms with E-state index < -0.39 is 0 Å². The smallest absolute Gasteiger partial charge is 0.0990 e. The van der Waals surface area contributed by atoms with E-state index in [-0.39, 0.29) is 0 Å². The van der Waals surface area contributed by atoms with E-state index in [2.05, 4.69) is 12.3 Å². The Hall–Kier alpha value is -0.370. The second-order valence-electron chi connectivity index (χ2n) is 7.09. The Kier molecular flexibility index (Phi) is 2.58. The van der Waals surface area contributed by atoms with Crippen molar-refractivity contribution < 1.29 is 0 Å². The molecule has 4 bridgehead atoms. The van der Waals surface area contributed by atoms with Crippen LogP contribution in [0.3, 0.4) is 0 Å². The molecule has 4 aliphatic carbocycles. The van der Waals surface area contributed by atoms with Gasteiger partial charge in [-0.1, -0.05) is 13.3 Å². The van der Waals surface area contributed by atoms with Crippen LogP contribution in [-0.4, -0.2) is 4.98 Å². The first-order valence-corrected chi connectivity index (χ1v) is 8.60. The number of thiazole rings is 1. The molecule has 0 aliphatic heterocycles. The van der Waals surface area contributed by atoms with E-state index in [0.29, 0.717) is 5.41 Å². The highest BCUT2D eigenvalue weighted by molar-refractivity contribution is 7.09. The van der Waals surface area contributed by atoms with Gasteiger partial charge in [-0.3, -0.25) is 0 Å². The summed E-state index contributed by atoms with van der Waals surface area (Å²) in [5.41, 5.74) is 1.87. The van der Waals surface area contributed by atoms with Crippen molar-refractivity contribution in [2.45, 2.75) is 63.7 Å². The van der Waals surface area contributed by atoms with Crippen LogP contribution in [0.4, 0.5) is 0 Å². The largest absolute Gasteiger partial charge is 0.246 e. The number of aryl methyl sites for hydroxylation is 1. The van der Waals surface area contributed by atoms with E-state index in [1.165, 1.54) is 62.1 Å². The predicted molar refractivity (Wildman–Crippen MR) is 76.0 cm³/mol. The molecule has 0 aromatic carbocycles. The normalized spacial score (nSPS) is 41.5. The maximum Gasteiger partial charge on any atom is 0.0990 e. The summed E-state index contributed by atoms with van der Waals surface area (Å²) in [6.45, 7) is 2.25. The molecule has 1 aromatic rings. The molecule has 5 rings (SSSR count). The SMILES string of the molecule is CCCc1csc(C23CC4CC(CC(C4)C2)C3)n1. The predicted octanol–water partition coefficient (Wildman–Crippen LogP) is 4.56. The van der Waals surface area contributed by atoms with Gasteiger partial charge < -0.3 is 0 Å². The Balaban J connectivity index is 1.66. The van der Waals surface area contributed by atoms with Crippen molar-refractivity contribution in [1.29, 1.82) is 0 Å². The molecule has 0 spiro atoms. The van der Waals surface area contributed by atoms with Crippen LogP contribution in [0, 0.1) is 17.8 Å². The van der Waals surface area contributed by atoms with E-state index in [0.717, 1.165) is 17.8 Å². The zero-order chi connectivity index (χ0) is 12.2. The fraction of sp³-hybridized carbons (Fsp3) is 0.812. The number of hydrogen-bond donors (Lipinski definition) is 0. The third-order valence-electron chi connectivity index (χ3n) is 5.55. The van der Waals surface area contributed by atoms with Gasteiger partial charge in [-0.05, 0) is 62.7 Å². The molecule has 0 saturated heterocycles. The monoisotopic (exact) mass is 261 g/mol. The van der Waals surface area contributed by atoms with Gasteiger partial charge in [-0.2, -0.15) is 0 Å². The molecule has 4 aliphatic rings. The molecule has 1 heterocycles. The second-order valence-corrected chi connectivity index (χ2v) is 7.95. The Morgan fingerprint density at radius 2 is 1.78 bits per heavy atom. The van der Waals surface area contributed by atoms with Gasteiger partial charge in [0.2, 0.25) is 0 Å². The second kappa shape index (κ2) is 4.06. The number of rotatable bonds is 3. The maximum atomic E-state index is 5.01. The number of aromatic nitrogens is 1. The Morgan fingerprint density at radius 3 is 2.33 bits per heavy atom. The van der Waals surface area contributed by atoms with Crippen LogP contribution in [0.15, 0.2) is 5.38 Å². The average molecular weight is 261 g/mol. The van der Waals surface area contributed by atoms with Crippen molar-refractivity contribution in [1.82, 2.24) is 4.98 Å². The van der Waals surface area contributed by atoms with Gasteiger partial charge >= 0.3 is 0 Å². The van der Waals surface area contributed by atoms with E-state index in [4.69, 9.17) is 4.98 Å². The van der Waals surface area contributed by atoms with Crippen LogP contribution in [0.25, 0.3) is 0 Å². The van der Waals surface area contributed by atoms with Crippen molar-refractivity contribution in [3.05, 3.63) is 16.1 Å². The van der Waals surface area contributed by atoms with Gasteiger partial charge in [0.25, 0.3) is 0 Å². The first-order valence-electron chi connectivity index (χ1n) is 7.72. The highest BCUT2D eigenvalue weighted by Gasteiger charge is 2.52. The van der Waals surface area contributed by atoms with Crippen molar-refractivity contribution in [3.63, 3.8) is 0 Å². The van der Waals surface area contributed by atoms with E-state index in [1.54, 1.807) is 0 Å².